The summed E-state index contributed by atoms with van der Waals surface area (Å²) in [5.74, 6) is 0.259. The maximum atomic E-state index is 12.3. The number of methoxy groups -OCH3 is 1. The first kappa shape index (κ1) is 17.9. The van der Waals surface area contributed by atoms with Crippen LogP contribution < -0.4 is 4.74 Å². The van der Waals surface area contributed by atoms with Crippen molar-refractivity contribution < 1.29 is 19.2 Å². The van der Waals surface area contributed by atoms with E-state index in [1.54, 1.807) is 43.5 Å². The van der Waals surface area contributed by atoms with Crippen molar-refractivity contribution >= 4 is 38.4 Å². The molecule has 4 rings (SSSR count). The van der Waals surface area contributed by atoms with E-state index in [2.05, 4.69) is 36.3 Å². The van der Waals surface area contributed by atoms with Crippen LogP contribution in [0.5, 0.6) is 11.6 Å². The minimum absolute atomic E-state index is 0.00933. The molecule has 1 amide bonds. The van der Waals surface area contributed by atoms with E-state index < -0.39 is 5.91 Å². The molecule has 0 atom stereocenters. The molecule has 2 aromatic carbocycles. The third-order valence-corrected chi connectivity index (χ3v) is 4.55. The lowest BCUT2D eigenvalue weighted by Gasteiger charge is -1.99. The van der Waals surface area contributed by atoms with Crippen molar-refractivity contribution in [3.05, 3.63) is 58.7 Å². The van der Waals surface area contributed by atoms with Gasteiger partial charge in [-0.2, -0.15) is 0 Å². The van der Waals surface area contributed by atoms with Crippen LogP contribution in [0, 0.1) is 0 Å². The number of benzene rings is 2. The molecule has 2 heterocycles. The average molecular weight is 441 g/mol. The first-order chi connectivity index (χ1) is 13.5. The number of azo groups is 1. The summed E-state index contributed by atoms with van der Waals surface area (Å²) in [5, 5.41) is 21.9. The number of aromatic amines is 1. The highest BCUT2D eigenvalue weighted by molar-refractivity contribution is 9.10. The van der Waals surface area contributed by atoms with Crippen LogP contribution >= 0.6 is 15.9 Å². The molecule has 0 aliphatic carbocycles. The van der Waals surface area contributed by atoms with E-state index in [9.17, 15) is 9.90 Å². The SMILES string of the molecule is COc1ccc(-c2cc(C(=O)N=Nc3c(O)[nH]c4ccc(Br)cc34)no2)cc1. The third kappa shape index (κ3) is 3.39. The van der Waals surface area contributed by atoms with E-state index in [1.165, 1.54) is 6.07 Å². The maximum Gasteiger partial charge on any atom is 0.317 e. The summed E-state index contributed by atoms with van der Waals surface area (Å²) in [5.41, 5.74) is 1.59. The first-order valence-corrected chi connectivity index (χ1v) is 8.92. The van der Waals surface area contributed by atoms with Crippen molar-refractivity contribution in [2.24, 2.45) is 10.2 Å². The van der Waals surface area contributed by atoms with Gasteiger partial charge < -0.3 is 19.4 Å². The predicted molar refractivity (Wildman–Crippen MR) is 105 cm³/mol. The molecule has 0 fully saturated rings. The number of hydrogen-bond acceptors (Lipinski definition) is 6. The van der Waals surface area contributed by atoms with Gasteiger partial charge in [-0.3, -0.25) is 4.79 Å². The van der Waals surface area contributed by atoms with Gasteiger partial charge in [0.25, 0.3) is 0 Å². The Kier molecular flexibility index (Phi) is 4.66. The number of fused-ring (bicyclic) bond motifs is 1. The van der Waals surface area contributed by atoms with Gasteiger partial charge in [0.15, 0.2) is 17.1 Å². The van der Waals surface area contributed by atoms with Gasteiger partial charge in [0.2, 0.25) is 5.88 Å². The molecule has 0 aliphatic heterocycles. The number of hydrogen-bond donors (Lipinski definition) is 2. The van der Waals surface area contributed by atoms with Crippen LogP contribution in [-0.2, 0) is 0 Å². The van der Waals surface area contributed by atoms with E-state index in [1.807, 2.05) is 6.07 Å². The molecule has 0 unspecified atom stereocenters. The highest BCUT2D eigenvalue weighted by Gasteiger charge is 2.15. The molecule has 28 heavy (non-hydrogen) atoms. The Bertz CT molecular complexity index is 1190. The van der Waals surface area contributed by atoms with Crippen LogP contribution in [0.1, 0.15) is 10.5 Å². The fourth-order valence-electron chi connectivity index (χ4n) is 2.65. The molecule has 0 radical (unpaired) electrons. The molecule has 140 valence electrons. The Balaban J connectivity index is 1.58. The highest BCUT2D eigenvalue weighted by atomic mass is 79.9. The molecule has 2 N–H and O–H groups in total. The van der Waals surface area contributed by atoms with Crippen molar-refractivity contribution in [3.8, 4) is 23.0 Å². The summed E-state index contributed by atoms with van der Waals surface area (Å²) < 4.78 is 11.1. The number of halogens is 1. The molecule has 0 aliphatic rings. The average Bonchev–Trinajstić information content (AvgIpc) is 3.31. The van der Waals surface area contributed by atoms with Crippen molar-refractivity contribution in [1.82, 2.24) is 10.1 Å². The maximum absolute atomic E-state index is 12.3. The van der Waals surface area contributed by atoms with Crippen molar-refractivity contribution in [2.75, 3.05) is 7.11 Å². The lowest BCUT2D eigenvalue weighted by atomic mass is 10.1. The molecule has 0 saturated heterocycles. The zero-order valence-electron chi connectivity index (χ0n) is 14.5. The molecule has 0 saturated carbocycles. The number of aromatic nitrogens is 2. The number of aromatic hydroxyl groups is 1. The quantitative estimate of drug-likeness (QED) is 0.422. The van der Waals surface area contributed by atoms with Gasteiger partial charge in [-0.15, -0.1) is 10.2 Å². The minimum Gasteiger partial charge on any atom is -0.497 e. The van der Waals surface area contributed by atoms with Gasteiger partial charge in [0.05, 0.1) is 12.6 Å². The van der Waals surface area contributed by atoms with E-state index in [-0.39, 0.29) is 17.3 Å². The number of ether oxygens (including phenoxy) is 1. The number of carbonyl (C=O) groups is 1. The lowest BCUT2D eigenvalue weighted by molar-refractivity contribution is 0.0986. The Morgan fingerprint density at radius 2 is 2.00 bits per heavy atom. The molecule has 8 nitrogen and oxygen atoms in total. The van der Waals surface area contributed by atoms with Gasteiger partial charge in [-0.05, 0) is 42.5 Å². The molecule has 9 heteroatoms. The Labute approximate surface area is 167 Å². The lowest BCUT2D eigenvalue weighted by Crippen LogP contribution is -1.92. The largest absolute Gasteiger partial charge is 0.497 e. The fourth-order valence-corrected chi connectivity index (χ4v) is 3.01. The summed E-state index contributed by atoms with van der Waals surface area (Å²) in [6, 6.07) is 14.0. The Morgan fingerprint density at radius 3 is 2.75 bits per heavy atom. The van der Waals surface area contributed by atoms with Crippen LogP contribution in [0.25, 0.3) is 22.2 Å². The minimum atomic E-state index is -0.688. The number of amides is 1. The Morgan fingerprint density at radius 1 is 1.21 bits per heavy atom. The standard InChI is InChI=1S/C19H13BrN4O4/c1-27-12-5-2-10(3-6-12)16-9-15(24-28-16)18(25)23-22-17-13-8-11(20)4-7-14(13)21-19(17)26/h2-9,21,26H,1H3. The molecule has 0 spiro atoms. The fraction of sp³-hybridized carbons (Fsp3) is 0.0526. The van der Waals surface area contributed by atoms with Crippen LogP contribution in [0.4, 0.5) is 5.69 Å². The Hall–Kier alpha value is -3.46. The number of H-pyrrole nitrogens is 1. The van der Waals surface area contributed by atoms with Crippen molar-refractivity contribution in [1.29, 1.82) is 0 Å². The second kappa shape index (κ2) is 7.28. The van der Waals surface area contributed by atoms with Crippen LogP contribution in [-0.4, -0.2) is 28.3 Å². The van der Waals surface area contributed by atoms with Crippen LogP contribution in [0.2, 0.25) is 0 Å². The van der Waals surface area contributed by atoms with Gasteiger partial charge in [0, 0.05) is 21.5 Å². The summed E-state index contributed by atoms with van der Waals surface area (Å²) in [6.07, 6.45) is 0. The first-order valence-electron chi connectivity index (χ1n) is 8.12. The van der Waals surface area contributed by atoms with Gasteiger partial charge in [0.1, 0.15) is 5.75 Å². The smallest absolute Gasteiger partial charge is 0.317 e. The van der Waals surface area contributed by atoms with E-state index in [0.29, 0.717) is 22.4 Å². The highest BCUT2D eigenvalue weighted by Crippen LogP contribution is 2.37. The van der Waals surface area contributed by atoms with Crippen LogP contribution in [0.15, 0.2) is 67.8 Å². The molecular weight excluding hydrogens is 428 g/mol. The van der Waals surface area contributed by atoms with Crippen molar-refractivity contribution in [2.45, 2.75) is 0 Å². The zero-order valence-corrected chi connectivity index (χ0v) is 16.1. The van der Waals surface area contributed by atoms with Crippen LogP contribution in [0.3, 0.4) is 0 Å². The normalized spacial score (nSPS) is 11.4. The number of rotatable bonds is 4. The van der Waals surface area contributed by atoms with E-state index in [4.69, 9.17) is 9.26 Å². The second-order valence-corrected chi connectivity index (χ2v) is 6.74. The van der Waals surface area contributed by atoms with E-state index in [0.717, 1.165) is 10.0 Å². The van der Waals surface area contributed by atoms with Gasteiger partial charge in [-0.25, -0.2) is 0 Å². The number of carbonyl (C=O) groups excluding carboxylic acids is 1. The second-order valence-electron chi connectivity index (χ2n) is 5.82. The molecule has 0 bridgehead atoms. The van der Waals surface area contributed by atoms with Gasteiger partial charge in [-0.1, -0.05) is 21.1 Å². The molecule has 2 aromatic heterocycles. The number of nitrogens with zero attached hydrogens (tertiary/aromatic N) is 3. The topological polar surface area (TPSA) is 113 Å². The van der Waals surface area contributed by atoms with Gasteiger partial charge >= 0.3 is 5.91 Å². The summed E-state index contributed by atoms with van der Waals surface area (Å²) in [7, 11) is 1.58. The van der Waals surface area contributed by atoms with E-state index >= 15 is 0 Å². The van der Waals surface area contributed by atoms with Crippen molar-refractivity contribution in [3.63, 3.8) is 0 Å². The predicted octanol–water partition coefficient (Wildman–Crippen LogP) is 5.22. The zero-order chi connectivity index (χ0) is 19.7. The summed E-state index contributed by atoms with van der Waals surface area (Å²) >= 11 is 3.36. The monoisotopic (exact) mass is 440 g/mol. The molecule has 4 aromatic rings. The molecular formula is C19H13BrN4O4. The summed E-state index contributed by atoms with van der Waals surface area (Å²) in [4.78, 5) is 15.1. The third-order valence-electron chi connectivity index (χ3n) is 4.06. The summed E-state index contributed by atoms with van der Waals surface area (Å²) in [6.45, 7) is 0. The number of nitrogens with one attached hydrogen (secondary N) is 1.